The van der Waals surface area contributed by atoms with Crippen LogP contribution in [0.5, 0.6) is 0 Å². The van der Waals surface area contributed by atoms with Crippen LogP contribution in [-0.2, 0) is 26.8 Å². The smallest absolute Gasteiger partial charge is 0.391 e. The van der Waals surface area contributed by atoms with Crippen LogP contribution < -0.4 is 11.3 Å². The van der Waals surface area contributed by atoms with E-state index in [4.69, 9.17) is 15.5 Å². The van der Waals surface area contributed by atoms with Crippen LogP contribution in [0.4, 0.5) is 5.95 Å². The first-order chi connectivity index (χ1) is 15.5. The van der Waals surface area contributed by atoms with Crippen molar-refractivity contribution in [1.82, 2.24) is 19.5 Å². The van der Waals surface area contributed by atoms with E-state index in [0.717, 1.165) is 0 Å². The minimum Gasteiger partial charge on any atom is -0.391 e. The molecule has 0 radical (unpaired) electrons. The fourth-order valence-electron chi connectivity index (χ4n) is 3.37. The second-order valence-electron chi connectivity index (χ2n) is 7.02. The molecule has 21 heteroatoms. The molecule has 8 N–H and O–H groups in total. The van der Waals surface area contributed by atoms with Crippen molar-refractivity contribution in [2.24, 2.45) is 5.41 Å². The van der Waals surface area contributed by atoms with Crippen molar-refractivity contribution in [3.8, 4) is 6.07 Å². The van der Waals surface area contributed by atoms with E-state index in [1.165, 1.54) is 10.9 Å². The third-order valence-electron chi connectivity index (χ3n) is 4.85. The van der Waals surface area contributed by atoms with Gasteiger partial charge < -0.3 is 35.0 Å². The Labute approximate surface area is 188 Å². The maximum Gasteiger partial charge on any atom is 0.490 e. The average molecular weight is 542 g/mol. The number of hydrogen-bond donors (Lipinski definition) is 7. The van der Waals surface area contributed by atoms with E-state index in [2.05, 4.69) is 34.7 Å². The van der Waals surface area contributed by atoms with Gasteiger partial charge in [0.25, 0.3) is 5.56 Å². The van der Waals surface area contributed by atoms with E-state index in [1.54, 1.807) is 6.07 Å². The number of aliphatic hydroxyl groups is 1. The molecule has 0 saturated heterocycles. The van der Waals surface area contributed by atoms with Crippen LogP contribution in [0.2, 0.25) is 0 Å². The highest BCUT2D eigenvalue weighted by Gasteiger charge is 2.53. The lowest BCUT2D eigenvalue weighted by atomic mass is 9.83. The number of nitrogens with two attached hydrogens (primary N) is 1. The number of fused-ring (bicyclic) bond motifs is 1. The standard InChI is InChI=1S/C13H17N6O12P3/c1-6-7(19-5-16-9-10(19)17-12(15)18-11(9)21)2-8(20)13(6,3-14)4-29-33(25,26)31-34(27,28)30-32(22,23)24/h5,7-8,20H,1-2,4H2,(H,25,26)(H,27,28)(H2,22,23,24)(H3,15,17,18,21)/t7-,8-,13-/m0/s1. The Balaban J connectivity index is 1.86. The number of H-pyrrole nitrogens is 1. The molecule has 2 aromatic rings. The largest absolute Gasteiger partial charge is 0.490 e. The van der Waals surface area contributed by atoms with Crippen molar-refractivity contribution in [3.05, 3.63) is 28.8 Å². The zero-order chi connectivity index (χ0) is 25.7. The molecule has 0 aromatic carbocycles. The molecule has 34 heavy (non-hydrogen) atoms. The zero-order valence-electron chi connectivity index (χ0n) is 16.7. The molecule has 1 aliphatic carbocycles. The lowest BCUT2D eigenvalue weighted by Crippen LogP contribution is -2.34. The van der Waals surface area contributed by atoms with Crippen molar-refractivity contribution in [2.75, 3.05) is 12.3 Å². The van der Waals surface area contributed by atoms with E-state index in [1.807, 2.05) is 0 Å². The number of nitrogens with one attached hydrogen (secondary N) is 1. The summed E-state index contributed by atoms with van der Waals surface area (Å²) >= 11 is 0. The SMILES string of the molecule is C=C1[C@@H](n2cnc3c(=O)[nH]c(N)nc32)C[C@H](O)[C@@]1(C#N)COP(=O)(O)OP(=O)(O)OP(=O)(O)O. The summed E-state index contributed by atoms with van der Waals surface area (Å²) in [6.07, 6.45) is -0.601. The highest BCUT2D eigenvalue weighted by Crippen LogP contribution is 2.66. The molecule has 0 amide bonds. The number of phosphoric ester groups is 1. The van der Waals surface area contributed by atoms with Crippen molar-refractivity contribution in [3.63, 3.8) is 0 Å². The molecule has 2 aromatic heterocycles. The predicted octanol–water partition coefficient (Wildman–Crippen LogP) is -0.583. The number of nitriles is 1. The van der Waals surface area contributed by atoms with E-state index in [9.17, 15) is 38.6 Å². The number of hydrogen-bond acceptors (Lipinski definition) is 12. The second kappa shape index (κ2) is 8.76. The van der Waals surface area contributed by atoms with Gasteiger partial charge in [0.1, 0.15) is 5.41 Å². The van der Waals surface area contributed by atoms with Gasteiger partial charge in [-0.3, -0.25) is 14.3 Å². The minimum absolute atomic E-state index is 0.00113. The van der Waals surface area contributed by atoms with Gasteiger partial charge in [-0.1, -0.05) is 6.58 Å². The van der Waals surface area contributed by atoms with Crippen LogP contribution in [0.1, 0.15) is 12.5 Å². The van der Waals surface area contributed by atoms with Crippen LogP contribution in [0.15, 0.2) is 23.3 Å². The van der Waals surface area contributed by atoms with Gasteiger partial charge in [0.15, 0.2) is 11.2 Å². The van der Waals surface area contributed by atoms with Crippen molar-refractivity contribution >= 4 is 40.6 Å². The first-order valence-electron chi connectivity index (χ1n) is 8.79. The summed E-state index contributed by atoms with van der Waals surface area (Å²) in [7, 11) is -16.9. The number of imidazole rings is 1. The Morgan fingerprint density at radius 1 is 1.29 bits per heavy atom. The molecule has 1 saturated carbocycles. The minimum atomic E-state index is -5.78. The number of rotatable bonds is 8. The normalized spacial score (nSPS) is 26.8. The molecule has 0 spiro atoms. The van der Waals surface area contributed by atoms with Crippen LogP contribution >= 0.6 is 23.5 Å². The Bertz CT molecular complexity index is 1390. The number of phosphoric acid groups is 3. The van der Waals surface area contributed by atoms with Gasteiger partial charge in [-0.25, -0.2) is 18.7 Å². The Morgan fingerprint density at radius 2 is 1.94 bits per heavy atom. The summed E-state index contributed by atoms with van der Waals surface area (Å²) in [6.45, 7) is 2.64. The molecule has 186 valence electrons. The lowest BCUT2D eigenvalue weighted by molar-refractivity contribution is 0.0581. The summed E-state index contributed by atoms with van der Waals surface area (Å²) in [4.78, 5) is 58.2. The van der Waals surface area contributed by atoms with Crippen LogP contribution in [0, 0.1) is 16.7 Å². The topological polar surface area (TPSA) is 293 Å². The van der Waals surface area contributed by atoms with Gasteiger partial charge in [0.2, 0.25) is 5.95 Å². The molecule has 1 aliphatic rings. The summed E-state index contributed by atoms with van der Waals surface area (Å²) in [6, 6.07) is 0.798. The highest BCUT2D eigenvalue weighted by molar-refractivity contribution is 7.66. The second-order valence-corrected chi connectivity index (χ2v) is 11.4. The Morgan fingerprint density at radius 3 is 2.53 bits per heavy atom. The van der Waals surface area contributed by atoms with Gasteiger partial charge in [-0.05, 0) is 12.0 Å². The molecule has 3 rings (SSSR count). The Hall–Kier alpha value is -2.25. The number of nitrogen functional groups attached to an aromatic ring is 1. The molecule has 1 fully saturated rings. The first kappa shape index (κ1) is 26.4. The quantitative estimate of drug-likeness (QED) is 0.162. The number of aromatic nitrogens is 4. The van der Waals surface area contributed by atoms with Crippen LogP contribution in [0.25, 0.3) is 11.2 Å². The van der Waals surface area contributed by atoms with Gasteiger partial charge in [0.05, 0.1) is 31.1 Å². The highest BCUT2D eigenvalue weighted by atomic mass is 31.3. The van der Waals surface area contributed by atoms with Crippen molar-refractivity contribution in [2.45, 2.75) is 18.6 Å². The van der Waals surface area contributed by atoms with E-state index >= 15 is 0 Å². The number of nitrogens with zero attached hydrogens (tertiary/aromatic N) is 4. The van der Waals surface area contributed by atoms with Gasteiger partial charge in [-0.2, -0.15) is 18.9 Å². The van der Waals surface area contributed by atoms with Crippen LogP contribution in [0.3, 0.4) is 0 Å². The molecular weight excluding hydrogens is 525 g/mol. The molecule has 2 unspecified atom stereocenters. The average Bonchev–Trinajstić information content (AvgIpc) is 3.17. The third-order valence-corrected chi connectivity index (χ3v) is 8.63. The van der Waals surface area contributed by atoms with Gasteiger partial charge in [0, 0.05) is 0 Å². The summed E-state index contributed by atoms with van der Waals surface area (Å²) in [5, 5.41) is 20.3. The van der Waals surface area contributed by atoms with Gasteiger partial charge in [-0.15, -0.1) is 0 Å². The van der Waals surface area contributed by atoms with Gasteiger partial charge >= 0.3 is 23.5 Å². The third kappa shape index (κ3) is 5.20. The van der Waals surface area contributed by atoms with Crippen molar-refractivity contribution in [1.29, 1.82) is 5.26 Å². The van der Waals surface area contributed by atoms with Crippen molar-refractivity contribution < 1.29 is 51.5 Å². The molecule has 0 bridgehead atoms. The maximum atomic E-state index is 12.1. The molecule has 0 aliphatic heterocycles. The zero-order valence-corrected chi connectivity index (χ0v) is 19.3. The summed E-state index contributed by atoms with van der Waals surface area (Å²) in [5.74, 6) is -0.234. The van der Waals surface area contributed by atoms with E-state index in [0.29, 0.717) is 0 Å². The number of anilines is 1. The maximum absolute atomic E-state index is 12.1. The molecule has 2 heterocycles. The van der Waals surface area contributed by atoms with E-state index < -0.39 is 53.2 Å². The summed E-state index contributed by atoms with van der Waals surface area (Å²) < 4.78 is 47.3. The lowest BCUT2D eigenvalue weighted by Gasteiger charge is -2.27. The number of aliphatic hydroxyl groups excluding tert-OH is 1. The van der Waals surface area contributed by atoms with Crippen LogP contribution in [-0.4, -0.2) is 56.9 Å². The van der Waals surface area contributed by atoms with E-state index in [-0.39, 0.29) is 29.1 Å². The monoisotopic (exact) mass is 542 g/mol. The number of aromatic amines is 1. The first-order valence-corrected chi connectivity index (χ1v) is 13.3. The predicted molar refractivity (Wildman–Crippen MR) is 109 cm³/mol. The summed E-state index contributed by atoms with van der Waals surface area (Å²) in [5.41, 5.74) is 2.67. The fourth-order valence-corrected chi connectivity index (χ4v) is 6.43. The molecular formula is C13H17N6O12P3. The fraction of sp³-hybridized carbons (Fsp3) is 0.385. The molecule has 5 atom stereocenters. The molecule has 18 nitrogen and oxygen atoms in total. The Kier molecular flexibility index (Phi) is 6.79.